The topological polar surface area (TPSA) is 61.4 Å². The first-order valence-corrected chi connectivity index (χ1v) is 10.00. The Kier molecular flexibility index (Phi) is 6.03. The van der Waals surface area contributed by atoms with Gasteiger partial charge in [0, 0.05) is 49.6 Å². The fraction of sp³-hybridized carbons (Fsp3) is 0.318. The summed E-state index contributed by atoms with van der Waals surface area (Å²) in [5, 5.41) is 3.57. The van der Waals surface area contributed by atoms with Gasteiger partial charge in [-0.15, -0.1) is 0 Å². The molecule has 0 atom stereocenters. The van der Waals surface area contributed by atoms with Gasteiger partial charge < -0.3 is 10.2 Å². The predicted octanol–water partition coefficient (Wildman–Crippen LogP) is 3.09. The Morgan fingerprint density at radius 1 is 1.00 bits per heavy atom. The van der Waals surface area contributed by atoms with E-state index in [4.69, 9.17) is 0 Å². The molecule has 0 saturated carbocycles. The molecular formula is C22H22F3N5O. The lowest BCUT2D eigenvalue weighted by Crippen LogP contribution is -2.49. The zero-order valence-electron chi connectivity index (χ0n) is 16.8. The summed E-state index contributed by atoms with van der Waals surface area (Å²) < 4.78 is 39.0. The average molecular weight is 429 g/mol. The number of pyridine rings is 2. The molecule has 3 aromatic rings. The summed E-state index contributed by atoms with van der Waals surface area (Å²) in [5.41, 5.74) is 1.28. The molecule has 3 heterocycles. The molecular weight excluding hydrogens is 407 g/mol. The Morgan fingerprint density at radius 2 is 1.81 bits per heavy atom. The summed E-state index contributed by atoms with van der Waals surface area (Å²) in [5.74, 6) is -0.0619. The van der Waals surface area contributed by atoms with Crippen LogP contribution < -0.4 is 10.2 Å². The highest BCUT2D eigenvalue weighted by Crippen LogP contribution is 2.33. The summed E-state index contributed by atoms with van der Waals surface area (Å²) in [6.45, 7) is 3.40. The molecule has 31 heavy (non-hydrogen) atoms. The van der Waals surface area contributed by atoms with Crippen LogP contribution in [0.3, 0.4) is 0 Å². The standard InChI is InChI=1S/C22H22F3N5O/c23-22(24,25)16-4-5-18-19(13-16)27-8-6-20(18)30-11-9-29(10-12-30)15-21(31)28-14-17-3-1-2-7-26-17/h1-8,13H,9-12,14-15H2,(H,28,31). The Labute approximate surface area is 177 Å². The lowest BCUT2D eigenvalue weighted by Gasteiger charge is -2.36. The second kappa shape index (κ2) is 8.89. The predicted molar refractivity (Wildman–Crippen MR) is 111 cm³/mol. The number of rotatable bonds is 5. The number of carbonyl (C=O) groups excluding carboxylic acids is 1. The van der Waals surface area contributed by atoms with E-state index in [0.29, 0.717) is 50.2 Å². The molecule has 1 aromatic carbocycles. The van der Waals surface area contributed by atoms with Crippen molar-refractivity contribution in [3.63, 3.8) is 0 Å². The molecule has 0 radical (unpaired) electrons. The number of halogens is 3. The molecule has 1 fully saturated rings. The third-order valence-corrected chi connectivity index (χ3v) is 5.32. The number of aromatic nitrogens is 2. The van der Waals surface area contributed by atoms with E-state index in [1.165, 1.54) is 12.3 Å². The molecule has 1 amide bonds. The summed E-state index contributed by atoms with van der Waals surface area (Å²) in [6.07, 6.45) is -1.17. The van der Waals surface area contributed by atoms with E-state index in [1.807, 2.05) is 24.3 Å². The minimum Gasteiger partial charge on any atom is -0.368 e. The van der Waals surface area contributed by atoms with E-state index in [1.54, 1.807) is 6.20 Å². The third kappa shape index (κ3) is 5.11. The second-order valence-corrected chi connectivity index (χ2v) is 7.42. The van der Waals surface area contributed by atoms with E-state index in [9.17, 15) is 18.0 Å². The van der Waals surface area contributed by atoms with Gasteiger partial charge in [-0.3, -0.25) is 19.7 Å². The Balaban J connectivity index is 1.35. The molecule has 0 bridgehead atoms. The van der Waals surface area contributed by atoms with Crippen LogP contribution in [0.25, 0.3) is 10.9 Å². The van der Waals surface area contributed by atoms with Crippen LogP contribution in [0.1, 0.15) is 11.3 Å². The summed E-state index contributed by atoms with van der Waals surface area (Å²) >= 11 is 0. The monoisotopic (exact) mass is 429 g/mol. The number of anilines is 1. The van der Waals surface area contributed by atoms with Crippen LogP contribution in [-0.2, 0) is 17.5 Å². The van der Waals surface area contributed by atoms with Gasteiger partial charge in [0.2, 0.25) is 5.91 Å². The van der Waals surface area contributed by atoms with E-state index in [0.717, 1.165) is 23.5 Å². The quantitative estimate of drug-likeness (QED) is 0.676. The Hall–Kier alpha value is -3.20. The van der Waals surface area contributed by atoms with Crippen LogP contribution in [0.4, 0.5) is 18.9 Å². The number of nitrogens with one attached hydrogen (secondary N) is 1. The van der Waals surface area contributed by atoms with Crippen molar-refractivity contribution in [1.82, 2.24) is 20.2 Å². The average Bonchev–Trinajstić information content (AvgIpc) is 2.77. The van der Waals surface area contributed by atoms with Crippen molar-refractivity contribution >= 4 is 22.5 Å². The second-order valence-electron chi connectivity index (χ2n) is 7.42. The van der Waals surface area contributed by atoms with E-state index in [2.05, 4.69) is 25.1 Å². The summed E-state index contributed by atoms with van der Waals surface area (Å²) in [4.78, 5) is 24.7. The molecule has 1 aliphatic rings. The van der Waals surface area contributed by atoms with Crippen LogP contribution in [0.2, 0.25) is 0 Å². The number of alkyl halides is 3. The molecule has 1 saturated heterocycles. The molecule has 1 aliphatic heterocycles. The van der Waals surface area contributed by atoms with Crippen molar-refractivity contribution in [2.45, 2.75) is 12.7 Å². The van der Waals surface area contributed by atoms with Crippen LogP contribution in [-0.4, -0.2) is 53.5 Å². The molecule has 162 valence electrons. The maximum absolute atomic E-state index is 13.0. The van der Waals surface area contributed by atoms with Gasteiger partial charge in [-0.25, -0.2) is 0 Å². The third-order valence-electron chi connectivity index (χ3n) is 5.32. The number of hydrogen-bond donors (Lipinski definition) is 1. The number of amides is 1. The Bertz CT molecular complexity index is 1050. The van der Waals surface area contributed by atoms with Crippen molar-refractivity contribution in [1.29, 1.82) is 0 Å². The fourth-order valence-corrected chi connectivity index (χ4v) is 3.68. The van der Waals surface area contributed by atoms with Gasteiger partial charge in [0.05, 0.1) is 29.9 Å². The largest absolute Gasteiger partial charge is 0.416 e. The van der Waals surface area contributed by atoms with Crippen LogP contribution >= 0.6 is 0 Å². The van der Waals surface area contributed by atoms with Gasteiger partial charge in [-0.05, 0) is 30.3 Å². The molecule has 6 nitrogen and oxygen atoms in total. The summed E-state index contributed by atoms with van der Waals surface area (Å²) in [6, 6.07) is 11.0. The van der Waals surface area contributed by atoms with Crippen molar-refractivity contribution in [2.24, 2.45) is 0 Å². The Morgan fingerprint density at radius 3 is 2.52 bits per heavy atom. The maximum atomic E-state index is 13.0. The van der Waals surface area contributed by atoms with E-state index >= 15 is 0 Å². The van der Waals surface area contributed by atoms with Gasteiger partial charge in [0.25, 0.3) is 0 Å². The first-order valence-electron chi connectivity index (χ1n) is 10.00. The molecule has 0 spiro atoms. The van der Waals surface area contributed by atoms with Gasteiger partial charge in [0.1, 0.15) is 0 Å². The molecule has 2 aromatic heterocycles. The molecule has 4 rings (SSSR count). The molecule has 0 unspecified atom stereocenters. The molecule has 9 heteroatoms. The zero-order valence-corrected chi connectivity index (χ0v) is 16.8. The lowest BCUT2D eigenvalue weighted by molar-refractivity contribution is -0.137. The highest BCUT2D eigenvalue weighted by atomic mass is 19.4. The first kappa shape index (κ1) is 21.0. The molecule has 0 aliphatic carbocycles. The highest BCUT2D eigenvalue weighted by Gasteiger charge is 2.31. The normalized spacial score (nSPS) is 15.3. The number of fused-ring (bicyclic) bond motifs is 1. The van der Waals surface area contributed by atoms with Gasteiger partial charge in [-0.2, -0.15) is 13.2 Å². The molecule has 1 N–H and O–H groups in total. The number of carbonyl (C=O) groups is 1. The highest BCUT2D eigenvalue weighted by molar-refractivity contribution is 5.92. The van der Waals surface area contributed by atoms with E-state index < -0.39 is 11.7 Å². The summed E-state index contributed by atoms with van der Waals surface area (Å²) in [7, 11) is 0. The SMILES string of the molecule is O=C(CN1CCN(c2ccnc3cc(C(F)(F)F)ccc23)CC1)NCc1ccccn1. The van der Waals surface area contributed by atoms with Gasteiger partial charge >= 0.3 is 6.18 Å². The van der Waals surface area contributed by atoms with Crippen molar-refractivity contribution in [3.05, 3.63) is 66.1 Å². The number of hydrogen-bond acceptors (Lipinski definition) is 5. The van der Waals surface area contributed by atoms with Crippen molar-refractivity contribution in [2.75, 3.05) is 37.6 Å². The first-order chi connectivity index (χ1) is 14.9. The smallest absolute Gasteiger partial charge is 0.368 e. The van der Waals surface area contributed by atoms with Gasteiger partial charge in [0.15, 0.2) is 0 Å². The number of piperazine rings is 1. The minimum atomic E-state index is -4.39. The van der Waals surface area contributed by atoms with E-state index in [-0.39, 0.29) is 5.91 Å². The van der Waals surface area contributed by atoms with Crippen molar-refractivity contribution in [3.8, 4) is 0 Å². The van der Waals surface area contributed by atoms with Crippen LogP contribution in [0, 0.1) is 0 Å². The van der Waals surface area contributed by atoms with Gasteiger partial charge in [-0.1, -0.05) is 12.1 Å². The zero-order chi connectivity index (χ0) is 21.8. The van der Waals surface area contributed by atoms with Crippen LogP contribution in [0.5, 0.6) is 0 Å². The van der Waals surface area contributed by atoms with Crippen molar-refractivity contribution < 1.29 is 18.0 Å². The lowest BCUT2D eigenvalue weighted by atomic mass is 10.1. The maximum Gasteiger partial charge on any atom is 0.416 e. The number of nitrogens with zero attached hydrogens (tertiary/aromatic N) is 4. The number of benzene rings is 1. The minimum absolute atomic E-state index is 0.0619. The van der Waals surface area contributed by atoms with Crippen LogP contribution in [0.15, 0.2) is 54.9 Å². The fourth-order valence-electron chi connectivity index (χ4n) is 3.68.